The Balaban J connectivity index is 2.14. The van der Waals surface area contributed by atoms with E-state index < -0.39 is 42.1 Å². The zero-order valence-corrected chi connectivity index (χ0v) is 17.9. The van der Waals surface area contributed by atoms with E-state index in [0.717, 1.165) is 11.5 Å². The van der Waals surface area contributed by atoms with E-state index in [1.54, 1.807) is 12.1 Å². The molecule has 0 fully saturated rings. The normalized spacial score (nSPS) is 13.4. The lowest BCUT2D eigenvalue weighted by atomic mass is 9.79. The van der Waals surface area contributed by atoms with Crippen LogP contribution in [0.1, 0.15) is 31.8 Å². The highest BCUT2D eigenvalue weighted by Gasteiger charge is 2.36. The minimum Gasteiger partial charge on any atom is -0.397 e. The first-order valence-electron chi connectivity index (χ1n) is 9.07. The van der Waals surface area contributed by atoms with Gasteiger partial charge >= 0.3 is 0 Å². The number of carbonyl (C=O) groups is 2. The van der Waals surface area contributed by atoms with Gasteiger partial charge in [0.05, 0.1) is 16.1 Å². The maximum absolute atomic E-state index is 13.3. The third-order valence-corrected chi connectivity index (χ3v) is 7.41. The average molecular weight is 469 g/mol. The lowest BCUT2D eigenvalue weighted by Gasteiger charge is -2.23. The molecule has 0 spiro atoms. The molecule has 0 aliphatic heterocycles. The summed E-state index contributed by atoms with van der Waals surface area (Å²) in [5, 5.41) is 0.749. The first-order valence-corrected chi connectivity index (χ1v) is 12.1. The van der Waals surface area contributed by atoms with Crippen LogP contribution in [0, 0.1) is 0 Å². The van der Waals surface area contributed by atoms with Crippen LogP contribution in [0.25, 0.3) is 11.1 Å². The van der Waals surface area contributed by atoms with Crippen molar-refractivity contribution in [3.05, 3.63) is 88.8 Å². The molecule has 10 heteroatoms. The molecular weight excluding hydrogens is 454 g/mol. The first-order chi connectivity index (χ1) is 15.0. The van der Waals surface area contributed by atoms with Gasteiger partial charge < -0.3 is 5.73 Å². The number of hydrogen-bond acceptors (Lipinski definition) is 7. The highest BCUT2D eigenvalue weighted by atomic mass is 32.2. The summed E-state index contributed by atoms with van der Waals surface area (Å²) >= 11 is 0. The highest BCUT2D eigenvalue weighted by Crippen LogP contribution is 2.41. The zero-order chi connectivity index (χ0) is 23.4. The maximum Gasteiger partial charge on any atom is 0.296 e. The summed E-state index contributed by atoms with van der Waals surface area (Å²) in [6.45, 7) is 3.27. The van der Waals surface area contributed by atoms with Crippen LogP contribution in [0.15, 0.2) is 76.4 Å². The van der Waals surface area contributed by atoms with Crippen molar-refractivity contribution in [2.75, 3.05) is 5.73 Å². The van der Waals surface area contributed by atoms with Gasteiger partial charge in [0, 0.05) is 22.1 Å². The zero-order valence-electron chi connectivity index (χ0n) is 16.3. The predicted octanol–water partition coefficient (Wildman–Crippen LogP) is 2.88. The van der Waals surface area contributed by atoms with Crippen molar-refractivity contribution in [1.29, 1.82) is 0 Å². The standard InChI is InChI=1S/C22H15NO7S2/c1-2-31(26,27)13-7-5-6-12(10-13)16-11-17(32(28,29)30)20(23)19-18(16)21(24)14-8-3-4-9-15(14)22(19)25/h2-11H,1,23H2,(H,28,29,30). The molecule has 0 heterocycles. The second kappa shape index (κ2) is 7.23. The largest absolute Gasteiger partial charge is 0.397 e. The van der Waals surface area contributed by atoms with Crippen molar-refractivity contribution in [2.45, 2.75) is 9.79 Å². The van der Waals surface area contributed by atoms with Gasteiger partial charge in [0.25, 0.3) is 10.1 Å². The summed E-state index contributed by atoms with van der Waals surface area (Å²) < 4.78 is 58.2. The van der Waals surface area contributed by atoms with Gasteiger partial charge in [-0.2, -0.15) is 8.42 Å². The Kier molecular flexibility index (Phi) is 4.88. The number of rotatable bonds is 4. The van der Waals surface area contributed by atoms with Crippen LogP contribution in [0.2, 0.25) is 0 Å². The van der Waals surface area contributed by atoms with E-state index in [1.165, 1.54) is 36.4 Å². The fourth-order valence-corrected chi connectivity index (χ4v) is 5.07. The minimum absolute atomic E-state index is 0.0399. The fourth-order valence-electron chi connectivity index (χ4n) is 3.67. The molecule has 32 heavy (non-hydrogen) atoms. The second-order valence-corrected chi connectivity index (χ2v) is 10.3. The first kappa shape index (κ1) is 21.6. The van der Waals surface area contributed by atoms with Crippen molar-refractivity contribution >= 4 is 37.2 Å². The number of anilines is 1. The molecule has 162 valence electrons. The van der Waals surface area contributed by atoms with Crippen LogP contribution in [-0.2, 0) is 20.0 Å². The van der Waals surface area contributed by atoms with Crippen molar-refractivity contribution in [3.8, 4) is 11.1 Å². The molecule has 0 amide bonds. The molecule has 1 aliphatic carbocycles. The third-order valence-electron chi connectivity index (χ3n) is 5.17. The van der Waals surface area contributed by atoms with Gasteiger partial charge in [-0.3, -0.25) is 14.1 Å². The van der Waals surface area contributed by atoms with E-state index in [0.29, 0.717) is 0 Å². The Morgan fingerprint density at radius 1 is 0.812 bits per heavy atom. The van der Waals surface area contributed by atoms with E-state index in [2.05, 4.69) is 6.58 Å². The molecule has 0 saturated heterocycles. The van der Waals surface area contributed by atoms with Crippen molar-refractivity contribution < 1.29 is 31.0 Å². The van der Waals surface area contributed by atoms with Crippen molar-refractivity contribution in [1.82, 2.24) is 0 Å². The quantitative estimate of drug-likeness (QED) is 0.342. The highest BCUT2D eigenvalue weighted by molar-refractivity contribution is 7.94. The van der Waals surface area contributed by atoms with Gasteiger partial charge in [-0.25, -0.2) is 8.42 Å². The topological polar surface area (TPSA) is 149 Å². The molecule has 0 radical (unpaired) electrons. The average Bonchev–Trinajstić information content (AvgIpc) is 2.76. The van der Waals surface area contributed by atoms with Gasteiger partial charge in [0.2, 0.25) is 0 Å². The summed E-state index contributed by atoms with van der Waals surface area (Å²) in [5.41, 5.74) is 5.06. The summed E-state index contributed by atoms with van der Waals surface area (Å²) in [6, 6.07) is 12.3. The van der Waals surface area contributed by atoms with Crippen LogP contribution in [0.3, 0.4) is 0 Å². The van der Waals surface area contributed by atoms with E-state index in [-0.39, 0.29) is 38.3 Å². The number of benzene rings is 3. The second-order valence-electron chi connectivity index (χ2n) is 7.00. The smallest absolute Gasteiger partial charge is 0.296 e. The van der Waals surface area contributed by atoms with Crippen molar-refractivity contribution in [2.24, 2.45) is 0 Å². The summed E-state index contributed by atoms with van der Waals surface area (Å²) in [4.78, 5) is 25.6. The van der Waals surface area contributed by atoms with Crippen LogP contribution in [0.5, 0.6) is 0 Å². The maximum atomic E-state index is 13.3. The lowest BCUT2D eigenvalue weighted by molar-refractivity contribution is 0.0980. The summed E-state index contributed by atoms with van der Waals surface area (Å²) in [5.74, 6) is -1.27. The molecule has 3 aromatic carbocycles. The molecule has 3 aromatic rings. The van der Waals surface area contributed by atoms with Gasteiger partial charge in [-0.15, -0.1) is 0 Å². The van der Waals surface area contributed by atoms with Crippen LogP contribution in [0.4, 0.5) is 5.69 Å². The summed E-state index contributed by atoms with van der Waals surface area (Å²) in [7, 11) is -8.73. The number of nitrogens with two attached hydrogens (primary N) is 1. The Hall–Kier alpha value is -3.60. The number of sulfone groups is 1. The number of carbonyl (C=O) groups excluding carboxylic acids is 2. The van der Waals surface area contributed by atoms with Crippen molar-refractivity contribution in [3.63, 3.8) is 0 Å². The van der Waals surface area contributed by atoms with Crippen LogP contribution < -0.4 is 5.73 Å². The van der Waals surface area contributed by atoms with Crippen LogP contribution in [-0.4, -0.2) is 33.0 Å². The molecule has 4 rings (SSSR count). The Morgan fingerprint density at radius 3 is 1.97 bits per heavy atom. The molecule has 0 bridgehead atoms. The Bertz CT molecular complexity index is 1570. The Labute approximate surface area is 183 Å². The molecule has 0 aromatic heterocycles. The van der Waals surface area contributed by atoms with E-state index in [9.17, 15) is 31.0 Å². The molecular formula is C22H15NO7S2. The number of hydrogen-bond donors (Lipinski definition) is 2. The number of ketones is 2. The third kappa shape index (κ3) is 3.25. The van der Waals surface area contributed by atoms with Gasteiger partial charge in [0.15, 0.2) is 21.4 Å². The summed E-state index contributed by atoms with van der Waals surface area (Å²) in [6.07, 6.45) is 0. The van der Waals surface area contributed by atoms with Gasteiger partial charge in [0.1, 0.15) is 4.90 Å². The molecule has 1 aliphatic rings. The Morgan fingerprint density at radius 2 is 1.41 bits per heavy atom. The molecule has 0 saturated carbocycles. The lowest BCUT2D eigenvalue weighted by Crippen LogP contribution is -2.24. The monoisotopic (exact) mass is 469 g/mol. The number of nitrogen functional groups attached to an aromatic ring is 1. The van der Waals surface area contributed by atoms with Gasteiger partial charge in [-0.05, 0) is 29.3 Å². The SMILES string of the molecule is C=CS(=O)(=O)c1cccc(-c2cc(S(=O)(=O)O)c(N)c3c2C(=O)c2ccccc2C3=O)c1. The van der Waals surface area contributed by atoms with Crippen LogP contribution >= 0.6 is 0 Å². The van der Waals surface area contributed by atoms with E-state index in [4.69, 9.17) is 5.73 Å². The molecule has 0 unspecified atom stereocenters. The fraction of sp³-hybridized carbons (Fsp3) is 0. The molecule has 0 atom stereocenters. The molecule has 8 nitrogen and oxygen atoms in total. The minimum atomic E-state index is -4.88. The van der Waals surface area contributed by atoms with Gasteiger partial charge in [-0.1, -0.05) is 43.0 Å². The van der Waals surface area contributed by atoms with E-state index in [1.807, 2.05) is 0 Å². The molecule has 3 N–H and O–H groups in total. The predicted molar refractivity (Wildman–Crippen MR) is 117 cm³/mol. The number of fused-ring (bicyclic) bond motifs is 2. The van der Waals surface area contributed by atoms with E-state index >= 15 is 0 Å².